The van der Waals surface area contributed by atoms with Crippen molar-refractivity contribution < 1.29 is 9.59 Å². The molecule has 0 saturated carbocycles. The first-order valence-electron chi connectivity index (χ1n) is 5.71. The van der Waals surface area contributed by atoms with E-state index in [1.165, 1.54) is 0 Å². The lowest BCUT2D eigenvalue weighted by molar-refractivity contribution is -0.114. The van der Waals surface area contributed by atoms with E-state index in [0.717, 1.165) is 12.1 Å². The van der Waals surface area contributed by atoms with E-state index in [9.17, 15) is 9.59 Å². The lowest BCUT2D eigenvalue weighted by atomic mass is 10.1. The first-order chi connectivity index (χ1) is 8.06. The summed E-state index contributed by atoms with van der Waals surface area (Å²) in [6.45, 7) is 4.76. The summed E-state index contributed by atoms with van der Waals surface area (Å²) in [5.74, 6) is -0.431. The molecule has 0 N–H and O–H groups in total. The minimum absolute atomic E-state index is 0.386. The van der Waals surface area contributed by atoms with Gasteiger partial charge in [0.1, 0.15) is 0 Å². The van der Waals surface area contributed by atoms with E-state index in [1.807, 2.05) is 12.1 Å². The number of halogens is 1. The third-order valence-corrected chi connectivity index (χ3v) is 3.80. The van der Waals surface area contributed by atoms with Crippen LogP contribution in [0.15, 0.2) is 22.7 Å². The number of amides is 1. The molecule has 0 fully saturated rings. The number of hydrogen-bond donors (Lipinski definition) is 0. The molecule has 2 rings (SSSR count). The number of rotatable bonds is 3. The first kappa shape index (κ1) is 12.3. The first-order valence-corrected chi connectivity index (χ1v) is 6.50. The van der Waals surface area contributed by atoms with Crippen molar-refractivity contribution in [1.82, 2.24) is 0 Å². The Morgan fingerprint density at radius 1 is 1.35 bits per heavy atom. The van der Waals surface area contributed by atoms with E-state index in [4.69, 9.17) is 0 Å². The Kier molecular flexibility index (Phi) is 3.33. The summed E-state index contributed by atoms with van der Waals surface area (Å²) in [6.07, 6.45) is 0.987. The van der Waals surface area contributed by atoms with E-state index >= 15 is 0 Å². The molecule has 4 heteroatoms. The molecule has 0 aromatic heterocycles. The van der Waals surface area contributed by atoms with E-state index in [1.54, 1.807) is 11.0 Å². The Hall–Kier alpha value is -1.16. The van der Waals surface area contributed by atoms with Gasteiger partial charge in [0.15, 0.2) is 0 Å². The molecule has 1 aliphatic rings. The van der Waals surface area contributed by atoms with E-state index < -0.39 is 11.7 Å². The Bertz CT molecular complexity index is 484. The van der Waals surface area contributed by atoms with Crippen molar-refractivity contribution in [3.8, 4) is 0 Å². The number of benzene rings is 1. The summed E-state index contributed by atoms with van der Waals surface area (Å²) >= 11 is 3.33. The van der Waals surface area contributed by atoms with Crippen molar-refractivity contribution in [3.05, 3.63) is 28.2 Å². The number of carbonyl (C=O) groups excluding carboxylic acids is 2. The van der Waals surface area contributed by atoms with Crippen LogP contribution in [-0.4, -0.2) is 18.2 Å². The van der Waals surface area contributed by atoms with Gasteiger partial charge in [-0.25, -0.2) is 0 Å². The van der Waals surface area contributed by atoms with Gasteiger partial charge in [-0.1, -0.05) is 26.3 Å². The van der Waals surface area contributed by atoms with Gasteiger partial charge in [0, 0.05) is 11.0 Å². The molecule has 1 aromatic carbocycles. The quantitative estimate of drug-likeness (QED) is 0.804. The largest absolute Gasteiger partial charge is 0.304 e. The SMILES string of the molecule is CCC(C)CN1C(=O)C(=O)c2c(Br)cccc21. The molecule has 1 aliphatic heterocycles. The summed E-state index contributed by atoms with van der Waals surface area (Å²) < 4.78 is 0.694. The van der Waals surface area contributed by atoms with E-state index in [-0.39, 0.29) is 0 Å². The number of anilines is 1. The van der Waals surface area contributed by atoms with Crippen LogP contribution in [0.2, 0.25) is 0 Å². The Morgan fingerprint density at radius 3 is 2.71 bits per heavy atom. The van der Waals surface area contributed by atoms with E-state index in [2.05, 4.69) is 29.8 Å². The van der Waals surface area contributed by atoms with Gasteiger partial charge in [0.25, 0.3) is 11.7 Å². The van der Waals surface area contributed by atoms with Gasteiger partial charge in [-0.3, -0.25) is 9.59 Å². The smallest absolute Gasteiger partial charge is 0.299 e. The predicted octanol–water partition coefficient (Wildman–Crippen LogP) is 3.02. The molecule has 90 valence electrons. The van der Waals surface area contributed by atoms with Crippen molar-refractivity contribution in [2.75, 3.05) is 11.4 Å². The zero-order valence-corrected chi connectivity index (χ0v) is 11.5. The molecular weight excluding hydrogens is 282 g/mol. The van der Waals surface area contributed by atoms with Gasteiger partial charge in [0.2, 0.25) is 0 Å². The lowest BCUT2D eigenvalue weighted by Gasteiger charge is -2.20. The second-order valence-electron chi connectivity index (χ2n) is 4.39. The molecular formula is C13H14BrNO2. The molecule has 1 aromatic rings. The number of fused-ring (bicyclic) bond motifs is 1. The van der Waals surface area contributed by atoms with Crippen molar-refractivity contribution in [1.29, 1.82) is 0 Å². The number of carbonyl (C=O) groups is 2. The Balaban J connectivity index is 2.42. The van der Waals surface area contributed by atoms with Crippen LogP contribution in [0.4, 0.5) is 5.69 Å². The number of ketones is 1. The topological polar surface area (TPSA) is 37.4 Å². The molecule has 0 spiro atoms. The van der Waals surface area contributed by atoms with Crippen LogP contribution in [-0.2, 0) is 4.79 Å². The van der Waals surface area contributed by atoms with Gasteiger partial charge in [-0.2, -0.15) is 0 Å². The highest BCUT2D eigenvalue weighted by Crippen LogP contribution is 2.34. The molecule has 1 atom stereocenters. The average Bonchev–Trinajstić information content (AvgIpc) is 2.55. The number of hydrogen-bond acceptors (Lipinski definition) is 2. The zero-order chi connectivity index (χ0) is 12.6. The van der Waals surface area contributed by atoms with Crippen LogP contribution in [0.25, 0.3) is 0 Å². The summed E-state index contributed by atoms with van der Waals surface area (Å²) in [4.78, 5) is 25.4. The summed E-state index contributed by atoms with van der Waals surface area (Å²) in [7, 11) is 0. The van der Waals surface area contributed by atoms with Gasteiger partial charge in [-0.05, 0) is 34.0 Å². The minimum atomic E-state index is -0.410. The molecule has 3 nitrogen and oxygen atoms in total. The molecule has 0 aliphatic carbocycles. The molecule has 0 saturated heterocycles. The third-order valence-electron chi connectivity index (χ3n) is 3.14. The normalized spacial score (nSPS) is 16.3. The highest BCUT2D eigenvalue weighted by molar-refractivity contribution is 9.10. The fourth-order valence-electron chi connectivity index (χ4n) is 1.92. The van der Waals surface area contributed by atoms with Crippen LogP contribution >= 0.6 is 15.9 Å². The maximum absolute atomic E-state index is 11.9. The number of Topliss-reactive ketones (excluding diaryl/α,β-unsaturated/α-hetero) is 1. The third kappa shape index (κ3) is 2.02. The zero-order valence-electron chi connectivity index (χ0n) is 9.87. The molecule has 0 bridgehead atoms. The van der Waals surface area contributed by atoms with Crippen molar-refractivity contribution in [2.24, 2.45) is 5.92 Å². The van der Waals surface area contributed by atoms with Crippen molar-refractivity contribution in [3.63, 3.8) is 0 Å². The summed E-state index contributed by atoms with van der Waals surface area (Å²) in [6, 6.07) is 5.46. The standard InChI is InChI=1S/C13H14BrNO2/c1-3-8(2)7-15-10-6-4-5-9(14)11(10)12(16)13(15)17/h4-6,8H,3,7H2,1-2H3. The van der Waals surface area contributed by atoms with E-state index in [0.29, 0.717) is 22.5 Å². The van der Waals surface area contributed by atoms with Gasteiger partial charge >= 0.3 is 0 Å². The van der Waals surface area contributed by atoms with Crippen LogP contribution in [0.5, 0.6) is 0 Å². The maximum atomic E-state index is 11.9. The monoisotopic (exact) mass is 295 g/mol. The molecule has 17 heavy (non-hydrogen) atoms. The summed E-state index contributed by atoms with van der Waals surface area (Å²) in [5, 5.41) is 0. The average molecular weight is 296 g/mol. The fraction of sp³-hybridized carbons (Fsp3) is 0.385. The predicted molar refractivity (Wildman–Crippen MR) is 70.3 cm³/mol. The molecule has 0 radical (unpaired) electrons. The van der Waals surface area contributed by atoms with Crippen molar-refractivity contribution in [2.45, 2.75) is 20.3 Å². The van der Waals surface area contributed by atoms with Gasteiger partial charge in [0.05, 0.1) is 11.3 Å². The fourth-order valence-corrected chi connectivity index (χ4v) is 2.46. The number of nitrogens with zero attached hydrogens (tertiary/aromatic N) is 1. The Morgan fingerprint density at radius 2 is 2.06 bits per heavy atom. The molecule has 1 unspecified atom stereocenters. The lowest BCUT2D eigenvalue weighted by Crippen LogP contribution is -2.33. The molecule has 1 amide bonds. The minimum Gasteiger partial charge on any atom is -0.304 e. The van der Waals surface area contributed by atoms with Crippen molar-refractivity contribution >= 4 is 33.3 Å². The highest BCUT2D eigenvalue weighted by Gasteiger charge is 2.37. The van der Waals surface area contributed by atoms with Gasteiger partial charge in [-0.15, -0.1) is 0 Å². The Labute approximate surface area is 109 Å². The molecule has 1 heterocycles. The highest BCUT2D eigenvalue weighted by atomic mass is 79.9. The summed E-state index contributed by atoms with van der Waals surface area (Å²) in [5.41, 5.74) is 1.23. The second kappa shape index (κ2) is 4.61. The van der Waals surface area contributed by atoms with Gasteiger partial charge < -0.3 is 4.90 Å². The van der Waals surface area contributed by atoms with Crippen LogP contribution in [0, 0.1) is 5.92 Å². The van der Waals surface area contributed by atoms with Crippen LogP contribution < -0.4 is 4.90 Å². The van der Waals surface area contributed by atoms with Crippen LogP contribution in [0.3, 0.4) is 0 Å². The second-order valence-corrected chi connectivity index (χ2v) is 5.25. The van der Waals surface area contributed by atoms with Crippen LogP contribution in [0.1, 0.15) is 30.6 Å². The maximum Gasteiger partial charge on any atom is 0.299 e.